The van der Waals surface area contributed by atoms with Crippen LogP contribution in [0.2, 0.25) is 0 Å². The van der Waals surface area contributed by atoms with E-state index in [1.54, 1.807) is 0 Å². The van der Waals surface area contributed by atoms with Crippen LogP contribution in [-0.2, 0) is 18.9 Å². The van der Waals surface area contributed by atoms with Crippen molar-refractivity contribution in [3.05, 3.63) is 156 Å². The van der Waals surface area contributed by atoms with Crippen molar-refractivity contribution in [2.24, 2.45) is 0 Å². The molecule has 6 aromatic carbocycles. The van der Waals surface area contributed by atoms with E-state index in [1.165, 1.54) is 12.0 Å². The molecule has 0 saturated carbocycles. The Bertz CT molecular complexity index is 2170. The van der Waals surface area contributed by atoms with E-state index in [0.717, 1.165) is 80.7 Å². The van der Waals surface area contributed by atoms with Crippen LogP contribution in [0.15, 0.2) is 140 Å². The lowest BCUT2D eigenvalue weighted by atomic mass is 9.81. The topological polar surface area (TPSA) is 87.0 Å². The highest BCUT2D eigenvalue weighted by atomic mass is 16.6. The van der Waals surface area contributed by atoms with Gasteiger partial charge in [-0.3, -0.25) is 0 Å². The zero-order valence-electron chi connectivity index (χ0n) is 36.3. The monoisotopic (exact) mass is 834 g/mol. The third kappa shape index (κ3) is 11.8. The second-order valence-corrected chi connectivity index (χ2v) is 15.7. The highest BCUT2D eigenvalue weighted by molar-refractivity contribution is 5.72. The van der Waals surface area contributed by atoms with Crippen LogP contribution in [0, 0.1) is 0 Å². The van der Waals surface area contributed by atoms with Gasteiger partial charge >= 0.3 is 0 Å². The molecule has 10 rings (SSSR count). The molecule has 4 atom stereocenters. The van der Waals surface area contributed by atoms with Crippen molar-refractivity contribution in [2.45, 2.75) is 64.4 Å². The molecule has 8 nitrogen and oxygen atoms in total. The van der Waals surface area contributed by atoms with Gasteiger partial charge in [0.2, 0.25) is 0 Å². The first-order chi connectivity index (χ1) is 30.6. The Morgan fingerprint density at radius 2 is 0.742 bits per heavy atom. The fourth-order valence-electron chi connectivity index (χ4n) is 7.08. The number of ether oxygens (including phenoxy) is 8. The van der Waals surface area contributed by atoms with Crippen LogP contribution < -0.4 is 18.9 Å². The first-order valence-electron chi connectivity index (χ1n) is 22.2. The molecule has 4 aliphatic rings. The van der Waals surface area contributed by atoms with Crippen LogP contribution in [0.1, 0.15) is 56.7 Å². The molecule has 0 aliphatic carbocycles. The number of epoxide rings is 4. The summed E-state index contributed by atoms with van der Waals surface area (Å²) in [7, 11) is 0. The van der Waals surface area contributed by atoms with E-state index >= 15 is 0 Å². The quantitative estimate of drug-likeness (QED) is 0.0625. The van der Waals surface area contributed by atoms with Crippen LogP contribution in [0.5, 0.6) is 23.0 Å². The molecule has 6 aromatic rings. The van der Waals surface area contributed by atoms with Gasteiger partial charge in [-0.25, -0.2) is 0 Å². The molecular formula is C54H58O8. The third-order valence-corrected chi connectivity index (χ3v) is 10.7. The predicted octanol–water partition coefficient (Wildman–Crippen LogP) is 11.4. The van der Waals surface area contributed by atoms with Gasteiger partial charge in [0.25, 0.3) is 0 Å². The first-order valence-corrected chi connectivity index (χ1v) is 22.2. The van der Waals surface area contributed by atoms with Crippen LogP contribution in [-0.4, -0.2) is 77.3 Å². The number of benzene rings is 6. The van der Waals surface area contributed by atoms with Crippen molar-refractivity contribution in [3.8, 4) is 56.4 Å². The molecule has 0 N–H and O–H groups in total. The van der Waals surface area contributed by atoms with Crippen LogP contribution >= 0.6 is 0 Å². The molecule has 0 spiro atoms. The predicted molar refractivity (Wildman–Crippen MR) is 245 cm³/mol. The molecule has 4 fully saturated rings. The second kappa shape index (κ2) is 21.0. The Balaban J connectivity index is 0.00000102. The summed E-state index contributed by atoms with van der Waals surface area (Å²) in [5.41, 5.74) is 9.78. The van der Waals surface area contributed by atoms with E-state index in [-0.39, 0.29) is 30.3 Å². The van der Waals surface area contributed by atoms with Crippen LogP contribution in [0.3, 0.4) is 0 Å². The SMILES string of the molecule is CC.CCC.c1ccc(-c2ccc(C(c3cc(-c4ccc(OCC5CO5)cc4)ccc3OCC3CO3)c3cc(-c4ccc(OCC5CO5)cc4)ccc3OCC3CO3)cc2)cc1. The normalized spacial score (nSPS) is 19.4. The van der Waals surface area contributed by atoms with Gasteiger partial charge in [-0.1, -0.05) is 125 Å². The fraction of sp³-hybridized carbons (Fsp3) is 0.333. The highest BCUT2D eigenvalue weighted by Crippen LogP contribution is 2.45. The molecule has 322 valence electrons. The summed E-state index contributed by atoms with van der Waals surface area (Å²) in [5.74, 6) is 3.00. The summed E-state index contributed by atoms with van der Waals surface area (Å²) in [6.07, 6.45) is 1.84. The smallest absolute Gasteiger partial charge is 0.123 e. The highest BCUT2D eigenvalue weighted by Gasteiger charge is 2.30. The van der Waals surface area contributed by atoms with Crippen molar-refractivity contribution in [2.75, 3.05) is 52.9 Å². The third-order valence-electron chi connectivity index (χ3n) is 10.7. The van der Waals surface area contributed by atoms with Crippen LogP contribution in [0.25, 0.3) is 33.4 Å². The van der Waals surface area contributed by atoms with Crippen molar-refractivity contribution in [3.63, 3.8) is 0 Å². The van der Waals surface area contributed by atoms with Gasteiger partial charge < -0.3 is 37.9 Å². The Labute approximate surface area is 366 Å². The maximum absolute atomic E-state index is 6.63. The minimum atomic E-state index is -0.262. The number of rotatable bonds is 18. The molecule has 4 aliphatic heterocycles. The summed E-state index contributed by atoms with van der Waals surface area (Å²) < 4.78 is 47.0. The maximum atomic E-state index is 6.63. The standard InChI is InChI=1S/C49H44O8.C3H8.C2H6/c1-2-4-32(5-3-1)33-6-8-36(9-7-33)49(45-22-37(14-20-47(45)56-30-43-28-54-43)34-10-16-39(17-11-34)50-24-41-26-52-41)46-23-38(15-21-48(46)57-31-44-29-55-44)35-12-18-40(19-13-35)51-25-42-27-53-42;1-3-2;1-2/h1-23,41-44,49H,24-31H2;3H2,1-2H3;1-2H3. The van der Waals surface area contributed by atoms with Crippen molar-refractivity contribution >= 4 is 0 Å². The van der Waals surface area contributed by atoms with Crippen LogP contribution in [0.4, 0.5) is 0 Å². The van der Waals surface area contributed by atoms with Crippen molar-refractivity contribution in [1.82, 2.24) is 0 Å². The summed E-state index contributed by atoms with van der Waals surface area (Å²) >= 11 is 0. The average molecular weight is 835 g/mol. The molecule has 62 heavy (non-hydrogen) atoms. The fourth-order valence-corrected chi connectivity index (χ4v) is 7.08. The lowest BCUT2D eigenvalue weighted by Crippen LogP contribution is -2.13. The summed E-state index contributed by atoms with van der Waals surface area (Å²) in [6.45, 7) is 13.3. The van der Waals surface area contributed by atoms with E-state index in [4.69, 9.17) is 37.9 Å². The summed E-state index contributed by atoms with van der Waals surface area (Å²) in [5, 5.41) is 0. The van der Waals surface area contributed by atoms with E-state index in [2.05, 4.69) is 123 Å². The molecule has 0 aromatic heterocycles. The molecule has 4 saturated heterocycles. The second-order valence-electron chi connectivity index (χ2n) is 15.7. The molecular weight excluding hydrogens is 777 g/mol. The van der Waals surface area contributed by atoms with E-state index in [9.17, 15) is 0 Å². The Morgan fingerprint density at radius 3 is 1.13 bits per heavy atom. The van der Waals surface area contributed by atoms with Gasteiger partial charge in [-0.2, -0.15) is 0 Å². The number of hydrogen-bond donors (Lipinski definition) is 0. The average Bonchev–Trinajstić information content (AvgIpc) is 4.11. The molecule has 0 bridgehead atoms. The van der Waals surface area contributed by atoms with Gasteiger partial charge in [0.1, 0.15) is 73.8 Å². The number of hydrogen-bond acceptors (Lipinski definition) is 8. The minimum absolute atomic E-state index is 0.0965. The molecule has 4 heterocycles. The zero-order valence-corrected chi connectivity index (χ0v) is 36.3. The van der Waals surface area contributed by atoms with Gasteiger partial charge in [0, 0.05) is 17.0 Å². The molecule has 0 radical (unpaired) electrons. The van der Waals surface area contributed by atoms with E-state index in [0.29, 0.717) is 39.6 Å². The van der Waals surface area contributed by atoms with Gasteiger partial charge in [0.05, 0.1) is 26.4 Å². The molecule has 4 unspecified atom stereocenters. The Hall–Kier alpha value is -5.64. The van der Waals surface area contributed by atoms with Crippen molar-refractivity contribution in [1.29, 1.82) is 0 Å². The van der Waals surface area contributed by atoms with E-state index in [1.807, 2.05) is 44.2 Å². The largest absolute Gasteiger partial charge is 0.491 e. The van der Waals surface area contributed by atoms with Gasteiger partial charge in [0.15, 0.2) is 0 Å². The maximum Gasteiger partial charge on any atom is 0.123 e. The lowest BCUT2D eigenvalue weighted by Gasteiger charge is -2.26. The summed E-state index contributed by atoms with van der Waals surface area (Å²) in [4.78, 5) is 0. The minimum Gasteiger partial charge on any atom is -0.491 e. The Kier molecular flexibility index (Phi) is 14.5. The Morgan fingerprint density at radius 1 is 0.419 bits per heavy atom. The van der Waals surface area contributed by atoms with E-state index < -0.39 is 0 Å². The van der Waals surface area contributed by atoms with Gasteiger partial charge in [-0.05, 0) is 87.5 Å². The first kappa shape index (κ1) is 43.0. The zero-order chi connectivity index (χ0) is 42.7. The van der Waals surface area contributed by atoms with Crippen molar-refractivity contribution < 1.29 is 37.9 Å². The molecule has 0 amide bonds. The lowest BCUT2D eigenvalue weighted by molar-refractivity contribution is 0.258. The molecule has 8 heteroatoms. The van der Waals surface area contributed by atoms with Gasteiger partial charge in [-0.15, -0.1) is 0 Å². The summed E-state index contributed by atoms with van der Waals surface area (Å²) in [6, 6.07) is 48.9.